The third-order valence-electron chi connectivity index (χ3n) is 7.60. The normalized spacial score (nSPS) is 23.0. The molecule has 1 amide bonds. The standard InChI is InChI=1S/C26H28N4O2/c1-16(31)19-12-21(13-19)30-24-6-5-18(22-3-2-4-23(25(22)24)26(30)32)11-17-14-28-29(15-17)20-7-9-27-10-8-20/h2-6,14-15,19-21,27H,7-13H2,1H3. The average Bonchev–Trinajstić information content (AvgIpc) is 3.34. The molecule has 0 bridgehead atoms. The number of benzene rings is 2. The minimum Gasteiger partial charge on any atom is -0.317 e. The van der Waals surface area contributed by atoms with E-state index in [2.05, 4.69) is 39.5 Å². The molecule has 2 fully saturated rings. The summed E-state index contributed by atoms with van der Waals surface area (Å²) >= 11 is 0. The Morgan fingerprint density at radius 1 is 1.12 bits per heavy atom. The molecule has 3 aliphatic rings. The average molecular weight is 429 g/mol. The number of carbonyl (C=O) groups excluding carboxylic acids is 2. The molecular formula is C26H28N4O2. The zero-order chi connectivity index (χ0) is 21.8. The van der Waals surface area contributed by atoms with Gasteiger partial charge in [-0.05, 0) is 74.3 Å². The van der Waals surface area contributed by atoms with Crippen LogP contribution in [0.3, 0.4) is 0 Å². The summed E-state index contributed by atoms with van der Waals surface area (Å²) in [4.78, 5) is 26.9. The smallest absolute Gasteiger partial charge is 0.259 e. The lowest BCUT2D eigenvalue weighted by Gasteiger charge is -2.40. The maximum absolute atomic E-state index is 13.3. The first-order chi connectivity index (χ1) is 15.6. The summed E-state index contributed by atoms with van der Waals surface area (Å²) in [6.45, 7) is 3.75. The number of ketones is 1. The van der Waals surface area contributed by atoms with E-state index in [1.165, 1.54) is 11.1 Å². The van der Waals surface area contributed by atoms with Crippen molar-refractivity contribution in [3.8, 4) is 0 Å². The van der Waals surface area contributed by atoms with Crippen LogP contribution >= 0.6 is 0 Å². The lowest BCUT2D eigenvalue weighted by Crippen LogP contribution is -2.48. The summed E-state index contributed by atoms with van der Waals surface area (Å²) in [6, 6.07) is 10.9. The van der Waals surface area contributed by atoms with Crippen LogP contribution in [0.5, 0.6) is 0 Å². The van der Waals surface area contributed by atoms with E-state index in [1.807, 2.05) is 23.2 Å². The first-order valence-electron chi connectivity index (χ1n) is 11.7. The van der Waals surface area contributed by atoms with Crippen LogP contribution in [0, 0.1) is 5.92 Å². The fraction of sp³-hybridized carbons (Fsp3) is 0.423. The number of piperidine rings is 1. The van der Waals surface area contributed by atoms with E-state index in [0.717, 1.165) is 67.2 Å². The second-order valence-corrected chi connectivity index (χ2v) is 9.57. The van der Waals surface area contributed by atoms with Gasteiger partial charge in [-0.3, -0.25) is 14.3 Å². The van der Waals surface area contributed by atoms with E-state index < -0.39 is 0 Å². The summed E-state index contributed by atoms with van der Waals surface area (Å²) in [5.74, 6) is 0.409. The van der Waals surface area contributed by atoms with Crippen molar-refractivity contribution in [2.45, 2.75) is 51.1 Å². The van der Waals surface area contributed by atoms with Crippen LogP contribution in [0.1, 0.15) is 60.1 Å². The van der Waals surface area contributed by atoms with Crippen molar-refractivity contribution >= 4 is 28.2 Å². The minimum atomic E-state index is 0.0773. The Hall–Kier alpha value is -2.99. The number of nitrogens with zero attached hydrogens (tertiary/aromatic N) is 3. The summed E-state index contributed by atoms with van der Waals surface area (Å²) in [5, 5.41) is 10.3. The van der Waals surface area contributed by atoms with Gasteiger partial charge in [0.15, 0.2) is 0 Å². The Kier molecular flexibility index (Phi) is 4.65. The molecule has 0 atom stereocenters. The van der Waals surface area contributed by atoms with Crippen LogP contribution in [-0.4, -0.2) is 40.6 Å². The van der Waals surface area contributed by atoms with Crippen molar-refractivity contribution < 1.29 is 9.59 Å². The molecule has 1 aliphatic carbocycles. The maximum atomic E-state index is 13.3. The zero-order valence-electron chi connectivity index (χ0n) is 18.4. The second kappa shape index (κ2) is 7.55. The fourth-order valence-corrected chi connectivity index (χ4v) is 5.67. The molecule has 2 aromatic carbocycles. The van der Waals surface area contributed by atoms with E-state index >= 15 is 0 Å². The highest BCUT2D eigenvalue weighted by molar-refractivity contribution is 6.25. The molecule has 6 heteroatoms. The van der Waals surface area contributed by atoms with E-state index in [-0.39, 0.29) is 23.7 Å². The Morgan fingerprint density at radius 2 is 1.94 bits per heavy atom. The van der Waals surface area contributed by atoms with Gasteiger partial charge in [-0.25, -0.2) is 0 Å². The predicted octanol–water partition coefficient (Wildman–Crippen LogP) is 3.88. The van der Waals surface area contributed by atoms with Crippen molar-refractivity contribution in [1.29, 1.82) is 0 Å². The molecule has 164 valence electrons. The highest BCUT2D eigenvalue weighted by atomic mass is 16.2. The largest absolute Gasteiger partial charge is 0.317 e. The quantitative estimate of drug-likeness (QED) is 0.670. The summed E-state index contributed by atoms with van der Waals surface area (Å²) in [5.41, 5.74) is 4.21. The highest BCUT2D eigenvalue weighted by Gasteiger charge is 2.42. The molecule has 0 spiro atoms. The number of rotatable bonds is 5. The van der Waals surface area contributed by atoms with Crippen molar-refractivity contribution in [2.24, 2.45) is 5.92 Å². The monoisotopic (exact) mass is 428 g/mol. The van der Waals surface area contributed by atoms with Gasteiger partial charge in [0, 0.05) is 35.5 Å². The van der Waals surface area contributed by atoms with Gasteiger partial charge in [-0.2, -0.15) is 5.10 Å². The number of aromatic nitrogens is 2. The number of carbonyl (C=O) groups is 2. The second-order valence-electron chi connectivity index (χ2n) is 9.57. The predicted molar refractivity (Wildman–Crippen MR) is 124 cm³/mol. The van der Waals surface area contributed by atoms with E-state index in [0.29, 0.717) is 6.04 Å². The molecule has 2 aliphatic heterocycles. The van der Waals surface area contributed by atoms with Crippen LogP contribution < -0.4 is 10.2 Å². The molecule has 6 nitrogen and oxygen atoms in total. The summed E-state index contributed by atoms with van der Waals surface area (Å²) in [7, 11) is 0. The molecule has 0 unspecified atom stereocenters. The van der Waals surface area contributed by atoms with Gasteiger partial charge < -0.3 is 10.2 Å². The Morgan fingerprint density at radius 3 is 2.72 bits per heavy atom. The SMILES string of the molecule is CC(=O)C1CC(N2C(=O)c3cccc4c(Cc5cnn(C6CCNCC6)c5)ccc2c34)C1. The first kappa shape index (κ1) is 19.7. The third kappa shape index (κ3) is 3.08. The topological polar surface area (TPSA) is 67.2 Å². The molecule has 1 N–H and O–H groups in total. The number of hydrogen-bond donors (Lipinski definition) is 1. The molecule has 0 radical (unpaired) electrons. The van der Waals surface area contributed by atoms with Gasteiger partial charge in [-0.15, -0.1) is 0 Å². The van der Waals surface area contributed by atoms with Crippen LogP contribution in [0.25, 0.3) is 10.8 Å². The maximum Gasteiger partial charge on any atom is 0.259 e. The third-order valence-corrected chi connectivity index (χ3v) is 7.60. The highest BCUT2D eigenvalue weighted by Crippen LogP contribution is 2.45. The van der Waals surface area contributed by atoms with Crippen molar-refractivity contribution in [1.82, 2.24) is 15.1 Å². The Balaban J connectivity index is 1.30. The van der Waals surface area contributed by atoms with Crippen molar-refractivity contribution in [2.75, 3.05) is 18.0 Å². The molecule has 3 aromatic rings. The van der Waals surface area contributed by atoms with E-state index in [4.69, 9.17) is 0 Å². The minimum absolute atomic E-state index is 0.0773. The van der Waals surface area contributed by atoms with Gasteiger partial charge in [-0.1, -0.05) is 18.2 Å². The molecule has 1 saturated heterocycles. The number of hydrogen-bond acceptors (Lipinski definition) is 4. The van der Waals surface area contributed by atoms with Crippen LogP contribution in [0.15, 0.2) is 42.7 Å². The fourth-order valence-electron chi connectivity index (χ4n) is 5.67. The first-order valence-corrected chi connectivity index (χ1v) is 11.7. The van der Waals surface area contributed by atoms with Gasteiger partial charge in [0.1, 0.15) is 5.78 Å². The Labute approximate surface area is 187 Å². The number of amides is 1. The lowest BCUT2D eigenvalue weighted by molar-refractivity contribution is -0.123. The molecule has 6 rings (SSSR count). The number of anilines is 1. The summed E-state index contributed by atoms with van der Waals surface area (Å²) < 4.78 is 2.13. The van der Waals surface area contributed by atoms with E-state index in [1.54, 1.807) is 6.92 Å². The number of Topliss-reactive ketones (excluding diaryl/α,β-unsaturated/α-hetero) is 1. The Bertz CT molecular complexity index is 1220. The molecular weight excluding hydrogens is 400 g/mol. The van der Waals surface area contributed by atoms with Crippen molar-refractivity contribution in [3.05, 3.63) is 59.4 Å². The van der Waals surface area contributed by atoms with E-state index in [9.17, 15) is 9.59 Å². The molecule has 32 heavy (non-hydrogen) atoms. The van der Waals surface area contributed by atoms with Gasteiger partial charge >= 0.3 is 0 Å². The zero-order valence-corrected chi connectivity index (χ0v) is 18.4. The molecule has 1 aromatic heterocycles. The van der Waals surface area contributed by atoms with Gasteiger partial charge in [0.25, 0.3) is 5.91 Å². The lowest BCUT2D eigenvalue weighted by atomic mass is 9.77. The van der Waals surface area contributed by atoms with Crippen LogP contribution in [0.4, 0.5) is 5.69 Å². The van der Waals surface area contributed by atoms with Gasteiger partial charge in [0.2, 0.25) is 0 Å². The number of nitrogens with one attached hydrogen (secondary N) is 1. The van der Waals surface area contributed by atoms with Crippen molar-refractivity contribution in [3.63, 3.8) is 0 Å². The van der Waals surface area contributed by atoms with Gasteiger partial charge in [0.05, 0.1) is 17.9 Å². The molecule has 1 saturated carbocycles. The van der Waals surface area contributed by atoms with Crippen LogP contribution in [0.2, 0.25) is 0 Å². The summed E-state index contributed by atoms with van der Waals surface area (Å²) in [6.07, 6.45) is 8.75. The molecule has 3 heterocycles. The van der Waals surface area contributed by atoms with Crippen LogP contribution in [-0.2, 0) is 11.2 Å².